The minimum atomic E-state index is 0.393. The van der Waals surface area contributed by atoms with Gasteiger partial charge >= 0.3 is 0 Å². The number of benzene rings is 2. The summed E-state index contributed by atoms with van der Waals surface area (Å²) in [6, 6.07) is 11.8. The molecule has 5 rings (SSSR count). The highest BCUT2D eigenvalue weighted by molar-refractivity contribution is 6.35. The summed E-state index contributed by atoms with van der Waals surface area (Å²) < 4.78 is 6.06. The smallest absolute Gasteiger partial charge is 0.124 e. The van der Waals surface area contributed by atoms with E-state index in [-0.39, 0.29) is 0 Å². The highest BCUT2D eigenvalue weighted by Crippen LogP contribution is 2.30. The summed E-state index contributed by atoms with van der Waals surface area (Å²) in [5, 5.41) is 5.69. The summed E-state index contributed by atoms with van der Waals surface area (Å²) >= 11 is 18.5. The number of halogens is 3. The maximum atomic E-state index is 6.26. The summed E-state index contributed by atoms with van der Waals surface area (Å²) in [6.45, 7) is 4.78. The van der Waals surface area contributed by atoms with Gasteiger partial charge in [-0.2, -0.15) is 0 Å². The minimum Gasteiger partial charge on any atom is -0.489 e. The van der Waals surface area contributed by atoms with Crippen LogP contribution in [0.4, 0.5) is 0 Å². The molecule has 1 atom stereocenters. The van der Waals surface area contributed by atoms with Crippen molar-refractivity contribution in [1.82, 2.24) is 10.2 Å². The molecule has 3 nitrogen and oxygen atoms in total. The van der Waals surface area contributed by atoms with Crippen molar-refractivity contribution in [3.05, 3.63) is 62.6 Å². The number of fused-ring (bicyclic) bond motifs is 3. The van der Waals surface area contributed by atoms with Crippen molar-refractivity contribution in [3.8, 4) is 5.75 Å². The molecule has 27 heavy (non-hydrogen) atoms. The molecule has 2 aromatic carbocycles. The third-order valence-electron chi connectivity index (χ3n) is 5.63. The molecule has 2 bridgehead atoms. The Labute approximate surface area is 175 Å². The van der Waals surface area contributed by atoms with Crippen molar-refractivity contribution in [3.63, 3.8) is 0 Å². The van der Waals surface area contributed by atoms with Crippen LogP contribution in [0.15, 0.2) is 36.4 Å². The highest BCUT2D eigenvalue weighted by atomic mass is 35.5. The van der Waals surface area contributed by atoms with E-state index < -0.39 is 0 Å². The molecule has 3 saturated heterocycles. The fraction of sp³-hybridized carbons (Fsp3) is 0.429. The maximum Gasteiger partial charge on any atom is 0.124 e. The maximum absolute atomic E-state index is 6.26. The average molecular weight is 426 g/mol. The van der Waals surface area contributed by atoms with Crippen molar-refractivity contribution in [2.75, 3.05) is 19.6 Å². The molecule has 1 N–H and O–H groups in total. The Balaban J connectivity index is 1.42. The lowest BCUT2D eigenvalue weighted by atomic mass is 9.84. The molecule has 0 spiro atoms. The van der Waals surface area contributed by atoms with Crippen molar-refractivity contribution in [1.29, 1.82) is 0 Å². The van der Waals surface area contributed by atoms with Gasteiger partial charge in [-0.15, -0.1) is 0 Å². The van der Waals surface area contributed by atoms with Gasteiger partial charge in [-0.1, -0.05) is 40.9 Å². The quantitative estimate of drug-likeness (QED) is 0.669. The van der Waals surface area contributed by atoms with E-state index in [0.717, 1.165) is 40.9 Å². The number of nitrogens with zero attached hydrogens (tertiary/aromatic N) is 1. The number of rotatable bonds is 6. The van der Waals surface area contributed by atoms with Crippen LogP contribution in [-0.4, -0.2) is 30.6 Å². The lowest BCUT2D eigenvalue weighted by molar-refractivity contribution is 0.0718. The molecule has 1 unspecified atom stereocenters. The fourth-order valence-corrected chi connectivity index (χ4v) is 4.72. The summed E-state index contributed by atoms with van der Waals surface area (Å²) in [5.41, 5.74) is 1.98. The molecule has 3 heterocycles. The van der Waals surface area contributed by atoms with Gasteiger partial charge in [0.05, 0.1) is 0 Å². The van der Waals surface area contributed by atoms with Gasteiger partial charge in [0.1, 0.15) is 12.4 Å². The number of hydrogen-bond acceptors (Lipinski definition) is 3. The van der Waals surface area contributed by atoms with Crippen LogP contribution in [0.2, 0.25) is 15.1 Å². The summed E-state index contributed by atoms with van der Waals surface area (Å²) in [5.74, 6) is 1.62. The standard InChI is InChI=1S/C21H23Cl3N2O/c22-17-3-4-21(27-13-15-1-2-18(23)10-19(15)24)16(9-17)11-25-20-12-26-7-5-14(20)6-8-26/h1-4,9-10,14,20,25H,5-8,11-13H2. The predicted molar refractivity (Wildman–Crippen MR) is 112 cm³/mol. The van der Waals surface area contributed by atoms with Crippen molar-refractivity contribution in [2.45, 2.75) is 32.0 Å². The van der Waals surface area contributed by atoms with Crippen molar-refractivity contribution < 1.29 is 4.74 Å². The first kappa shape index (κ1) is 19.4. The third-order valence-corrected chi connectivity index (χ3v) is 6.45. The molecule has 144 valence electrons. The van der Waals surface area contributed by atoms with Gasteiger partial charge in [-0.05, 0) is 62.2 Å². The van der Waals surface area contributed by atoms with Gasteiger partial charge in [0.15, 0.2) is 0 Å². The molecule has 0 amide bonds. The first-order valence-electron chi connectivity index (χ1n) is 9.39. The van der Waals surface area contributed by atoms with E-state index in [4.69, 9.17) is 39.5 Å². The van der Waals surface area contributed by atoms with E-state index in [2.05, 4.69) is 10.2 Å². The number of hydrogen-bond donors (Lipinski definition) is 1. The van der Waals surface area contributed by atoms with Crippen LogP contribution in [0.1, 0.15) is 24.0 Å². The number of piperidine rings is 3. The van der Waals surface area contributed by atoms with E-state index in [9.17, 15) is 0 Å². The van der Waals surface area contributed by atoms with Crippen LogP contribution in [0, 0.1) is 5.92 Å². The lowest BCUT2D eigenvalue weighted by Crippen LogP contribution is -2.55. The SMILES string of the molecule is Clc1ccc(COc2ccc(Cl)cc2CNC2CN3CCC2CC3)c(Cl)c1. The van der Waals surface area contributed by atoms with Crippen molar-refractivity contribution in [2.24, 2.45) is 5.92 Å². The number of nitrogens with one attached hydrogen (secondary N) is 1. The minimum absolute atomic E-state index is 0.393. The van der Waals surface area contributed by atoms with Crippen LogP contribution in [0.5, 0.6) is 5.75 Å². The molecule has 3 fully saturated rings. The fourth-order valence-electron chi connectivity index (χ4n) is 4.06. The van der Waals surface area contributed by atoms with E-state index in [1.54, 1.807) is 6.07 Å². The Bertz CT molecular complexity index is 806. The van der Waals surface area contributed by atoms with E-state index >= 15 is 0 Å². The number of ether oxygens (including phenoxy) is 1. The second-order valence-corrected chi connectivity index (χ2v) is 8.68. The van der Waals surface area contributed by atoms with Crippen LogP contribution < -0.4 is 10.1 Å². The highest BCUT2D eigenvalue weighted by Gasteiger charge is 2.33. The van der Waals surface area contributed by atoms with Crippen LogP contribution in [-0.2, 0) is 13.2 Å². The van der Waals surface area contributed by atoms with E-state index in [1.165, 1.54) is 25.9 Å². The zero-order chi connectivity index (χ0) is 18.8. The summed E-state index contributed by atoms with van der Waals surface area (Å²) in [6.07, 6.45) is 2.59. The van der Waals surface area contributed by atoms with Gasteiger partial charge in [0, 0.05) is 45.3 Å². The lowest BCUT2D eigenvalue weighted by Gasteiger charge is -2.45. The summed E-state index contributed by atoms with van der Waals surface area (Å²) in [4.78, 5) is 2.55. The van der Waals surface area contributed by atoms with Crippen molar-refractivity contribution >= 4 is 34.8 Å². The monoisotopic (exact) mass is 424 g/mol. The Morgan fingerprint density at radius 2 is 1.70 bits per heavy atom. The van der Waals surface area contributed by atoms with Gasteiger partial charge in [0.25, 0.3) is 0 Å². The zero-order valence-corrected chi connectivity index (χ0v) is 17.3. The molecular weight excluding hydrogens is 403 g/mol. The Hall–Kier alpha value is -0.970. The topological polar surface area (TPSA) is 24.5 Å². The molecule has 0 aliphatic carbocycles. The van der Waals surface area contributed by atoms with Gasteiger partial charge in [-0.3, -0.25) is 0 Å². The Morgan fingerprint density at radius 3 is 2.41 bits per heavy atom. The molecule has 3 aliphatic heterocycles. The molecular formula is C21H23Cl3N2O. The normalized spacial score (nSPS) is 24.2. The zero-order valence-electron chi connectivity index (χ0n) is 15.1. The van der Waals surface area contributed by atoms with E-state index in [1.807, 2.05) is 30.3 Å². The summed E-state index contributed by atoms with van der Waals surface area (Å²) in [7, 11) is 0. The van der Waals surface area contributed by atoms with Gasteiger partial charge in [-0.25, -0.2) is 0 Å². The molecule has 6 heteroatoms. The molecule has 0 radical (unpaired) electrons. The van der Waals surface area contributed by atoms with Gasteiger partial charge in [0.2, 0.25) is 0 Å². The first-order chi connectivity index (χ1) is 13.1. The van der Waals surface area contributed by atoms with Crippen LogP contribution in [0.3, 0.4) is 0 Å². The predicted octanol–water partition coefficient (Wildman–Crippen LogP) is 5.41. The van der Waals surface area contributed by atoms with E-state index in [0.29, 0.717) is 22.7 Å². The Kier molecular flexibility index (Phi) is 6.15. The third kappa shape index (κ3) is 4.72. The van der Waals surface area contributed by atoms with Crippen LogP contribution in [0.25, 0.3) is 0 Å². The second-order valence-electron chi connectivity index (χ2n) is 7.40. The second kappa shape index (κ2) is 8.59. The molecule has 3 aliphatic rings. The Morgan fingerprint density at radius 1 is 0.963 bits per heavy atom. The average Bonchev–Trinajstić information content (AvgIpc) is 2.68. The largest absolute Gasteiger partial charge is 0.489 e. The van der Waals surface area contributed by atoms with Gasteiger partial charge < -0.3 is 15.0 Å². The molecule has 0 saturated carbocycles. The molecule has 2 aromatic rings. The first-order valence-corrected chi connectivity index (χ1v) is 10.5. The van der Waals surface area contributed by atoms with Crippen LogP contribution >= 0.6 is 34.8 Å². The molecule has 0 aromatic heterocycles.